The molecule has 0 spiro atoms. The van der Waals surface area contributed by atoms with E-state index in [4.69, 9.17) is 4.74 Å². The Labute approximate surface area is 168 Å². The molecule has 9 heteroatoms. The zero-order valence-electron chi connectivity index (χ0n) is 16.4. The highest BCUT2D eigenvalue weighted by Crippen LogP contribution is 2.08. The molecule has 2 amide bonds. The maximum atomic E-state index is 12.7. The number of imidazole rings is 1. The molecular formula is C20H26N4O5. The second kappa shape index (κ2) is 10.8. The van der Waals surface area contributed by atoms with Crippen LogP contribution in [0.5, 0.6) is 0 Å². The summed E-state index contributed by atoms with van der Waals surface area (Å²) in [5.41, 5.74) is 1.39. The number of benzene rings is 1. The maximum absolute atomic E-state index is 12.7. The number of rotatable bonds is 10. The summed E-state index contributed by atoms with van der Waals surface area (Å²) in [6.07, 6.45) is 2.57. The second-order valence-corrected chi connectivity index (χ2v) is 7.07. The Kier molecular flexibility index (Phi) is 8.20. The van der Waals surface area contributed by atoms with Crippen molar-refractivity contribution in [3.05, 3.63) is 54.1 Å². The van der Waals surface area contributed by atoms with Crippen LogP contribution in [-0.2, 0) is 27.4 Å². The number of nitrogens with zero attached hydrogens (tertiary/aromatic N) is 1. The molecule has 0 saturated heterocycles. The van der Waals surface area contributed by atoms with Gasteiger partial charge in [0.1, 0.15) is 18.7 Å². The van der Waals surface area contributed by atoms with E-state index >= 15 is 0 Å². The average Bonchev–Trinajstić information content (AvgIpc) is 3.19. The van der Waals surface area contributed by atoms with Gasteiger partial charge in [-0.1, -0.05) is 44.2 Å². The molecule has 2 atom stereocenters. The van der Waals surface area contributed by atoms with Gasteiger partial charge in [-0.2, -0.15) is 0 Å². The molecule has 4 N–H and O–H groups in total. The van der Waals surface area contributed by atoms with E-state index < -0.39 is 30.1 Å². The first kappa shape index (κ1) is 21.9. The summed E-state index contributed by atoms with van der Waals surface area (Å²) in [6.45, 7) is 3.87. The van der Waals surface area contributed by atoms with E-state index in [1.165, 1.54) is 12.5 Å². The van der Waals surface area contributed by atoms with Gasteiger partial charge in [-0.25, -0.2) is 14.6 Å². The third-order valence-electron chi connectivity index (χ3n) is 4.12. The number of nitrogens with one attached hydrogen (secondary N) is 3. The third-order valence-corrected chi connectivity index (χ3v) is 4.12. The van der Waals surface area contributed by atoms with Crippen LogP contribution in [0.1, 0.15) is 31.5 Å². The fourth-order valence-electron chi connectivity index (χ4n) is 2.70. The topological polar surface area (TPSA) is 133 Å². The highest BCUT2D eigenvalue weighted by molar-refractivity contribution is 5.89. The molecule has 1 heterocycles. The second-order valence-electron chi connectivity index (χ2n) is 7.07. The van der Waals surface area contributed by atoms with Crippen LogP contribution in [0.2, 0.25) is 0 Å². The van der Waals surface area contributed by atoms with Gasteiger partial charge in [0.25, 0.3) is 0 Å². The predicted molar refractivity (Wildman–Crippen MR) is 105 cm³/mol. The van der Waals surface area contributed by atoms with Crippen LogP contribution < -0.4 is 10.6 Å². The van der Waals surface area contributed by atoms with Crippen molar-refractivity contribution in [1.82, 2.24) is 20.6 Å². The molecule has 29 heavy (non-hydrogen) atoms. The normalized spacial score (nSPS) is 12.8. The zero-order chi connectivity index (χ0) is 21.2. The van der Waals surface area contributed by atoms with Crippen LogP contribution in [0.25, 0.3) is 0 Å². The molecule has 0 aliphatic rings. The molecule has 156 valence electrons. The Hall–Kier alpha value is -3.36. The number of carboxylic acid groups (broad SMARTS) is 1. The van der Waals surface area contributed by atoms with Crippen molar-refractivity contribution in [2.24, 2.45) is 5.92 Å². The fraction of sp³-hybridized carbons (Fsp3) is 0.400. The molecule has 0 aliphatic heterocycles. The van der Waals surface area contributed by atoms with E-state index in [0.29, 0.717) is 12.1 Å². The van der Waals surface area contributed by atoms with Gasteiger partial charge in [0.15, 0.2) is 0 Å². The Balaban J connectivity index is 1.96. The van der Waals surface area contributed by atoms with E-state index in [-0.39, 0.29) is 18.9 Å². The van der Waals surface area contributed by atoms with Gasteiger partial charge in [0.05, 0.1) is 6.33 Å². The van der Waals surface area contributed by atoms with E-state index in [1.807, 2.05) is 44.2 Å². The molecule has 0 bridgehead atoms. The summed E-state index contributed by atoms with van der Waals surface area (Å²) >= 11 is 0. The lowest BCUT2D eigenvalue weighted by atomic mass is 10.0. The summed E-state index contributed by atoms with van der Waals surface area (Å²) < 4.78 is 5.17. The Bertz CT molecular complexity index is 792. The van der Waals surface area contributed by atoms with Crippen molar-refractivity contribution in [2.75, 3.05) is 0 Å². The van der Waals surface area contributed by atoms with Crippen molar-refractivity contribution < 1.29 is 24.2 Å². The molecule has 0 radical (unpaired) electrons. The number of hydrogen-bond donors (Lipinski definition) is 4. The molecular weight excluding hydrogens is 376 g/mol. The number of aromatic amines is 1. The Morgan fingerprint density at radius 1 is 1.14 bits per heavy atom. The number of alkyl carbamates (subject to hydrolysis) is 1. The number of carboxylic acids is 1. The minimum atomic E-state index is -1.18. The van der Waals surface area contributed by atoms with Crippen molar-refractivity contribution in [3.63, 3.8) is 0 Å². The highest BCUT2D eigenvalue weighted by Gasteiger charge is 2.28. The third kappa shape index (κ3) is 7.65. The van der Waals surface area contributed by atoms with Gasteiger partial charge in [-0.05, 0) is 17.9 Å². The molecule has 1 aromatic carbocycles. The van der Waals surface area contributed by atoms with E-state index in [9.17, 15) is 19.5 Å². The van der Waals surface area contributed by atoms with Crippen molar-refractivity contribution in [2.45, 2.75) is 45.4 Å². The van der Waals surface area contributed by atoms with Crippen LogP contribution in [0.3, 0.4) is 0 Å². The van der Waals surface area contributed by atoms with Crippen LogP contribution >= 0.6 is 0 Å². The van der Waals surface area contributed by atoms with Crippen LogP contribution in [0.4, 0.5) is 4.79 Å². The van der Waals surface area contributed by atoms with E-state index in [2.05, 4.69) is 20.6 Å². The fourth-order valence-corrected chi connectivity index (χ4v) is 2.70. The standard InChI is InChI=1S/C20H26N4O5/c1-13(2)8-16(24-20(28)29-11-14-6-4-3-5-7-14)18(25)23-17(19(26)27)9-15-10-21-12-22-15/h3-7,10,12-13,16-17H,8-9,11H2,1-2H3,(H,21,22)(H,23,25)(H,24,28)(H,26,27). The number of H-pyrrole nitrogens is 1. The van der Waals surface area contributed by atoms with Gasteiger partial charge < -0.3 is 25.5 Å². The molecule has 9 nitrogen and oxygen atoms in total. The first-order valence-electron chi connectivity index (χ1n) is 9.32. The van der Waals surface area contributed by atoms with E-state index in [0.717, 1.165) is 5.56 Å². The lowest BCUT2D eigenvalue weighted by molar-refractivity contribution is -0.142. The monoisotopic (exact) mass is 402 g/mol. The number of aliphatic carboxylic acids is 1. The summed E-state index contributed by atoms with van der Waals surface area (Å²) in [4.78, 5) is 43.0. The van der Waals surface area contributed by atoms with Gasteiger partial charge in [0.2, 0.25) is 5.91 Å². The summed E-state index contributed by atoms with van der Waals surface area (Å²) in [5, 5.41) is 14.4. The molecule has 0 aliphatic carbocycles. The van der Waals surface area contributed by atoms with Gasteiger partial charge in [-0.3, -0.25) is 4.79 Å². The Morgan fingerprint density at radius 3 is 2.45 bits per heavy atom. The number of hydrogen-bond acceptors (Lipinski definition) is 5. The number of amides is 2. The number of carbonyl (C=O) groups is 3. The number of ether oxygens (including phenoxy) is 1. The summed E-state index contributed by atoms with van der Waals surface area (Å²) in [7, 11) is 0. The summed E-state index contributed by atoms with van der Waals surface area (Å²) in [5.74, 6) is -1.67. The smallest absolute Gasteiger partial charge is 0.408 e. The molecule has 2 unspecified atom stereocenters. The first-order valence-corrected chi connectivity index (χ1v) is 9.32. The molecule has 2 rings (SSSR count). The van der Waals surface area contributed by atoms with Gasteiger partial charge in [-0.15, -0.1) is 0 Å². The number of carbonyl (C=O) groups excluding carboxylic acids is 2. The van der Waals surface area contributed by atoms with Crippen LogP contribution in [-0.4, -0.2) is 45.1 Å². The SMILES string of the molecule is CC(C)CC(NC(=O)OCc1ccccc1)C(=O)NC(Cc1cnc[nH]1)C(=O)O. The van der Waals surface area contributed by atoms with E-state index in [1.54, 1.807) is 0 Å². The maximum Gasteiger partial charge on any atom is 0.408 e. The largest absolute Gasteiger partial charge is 0.480 e. The minimum absolute atomic E-state index is 0.0495. The van der Waals surface area contributed by atoms with Gasteiger partial charge in [0, 0.05) is 18.3 Å². The van der Waals surface area contributed by atoms with Crippen molar-refractivity contribution >= 4 is 18.0 Å². The average molecular weight is 402 g/mol. The summed E-state index contributed by atoms with van der Waals surface area (Å²) in [6, 6.07) is 7.09. The zero-order valence-corrected chi connectivity index (χ0v) is 16.4. The highest BCUT2D eigenvalue weighted by atomic mass is 16.5. The first-order chi connectivity index (χ1) is 13.8. The van der Waals surface area contributed by atoms with Crippen molar-refractivity contribution in [1.29, 1.82) is 0 Å². The van der Waals surface area contributed by atoms with Gasteiger partial charge >= 0.3 is 12.1 Å². The quantitative estimate of drug-likeness (QED) is 0.479. The Morgan fingerprint density at radius 2 is 1.86 bits per heavy atom. The minimum Gasteiger partial charge on any atom is -0.480 e. The number of aromatic nitrogens is 2. The van der Waals surface area contributed by atoms with Crippen LogP contribution in [0.15, 0.2) is 42.9 Å². The lowest BCUT2D eigenvalue weighted by Gasteiger charge is -2.22. The molecule has 0 fully saturated rings. The lowest BCUT2D eigenvalue weighted by Crippen LogP contribution is -2.52. The molecule has 1 aromatic heterocycles. The van der Waals surface area contributed by atoms with Crippen LogP contribution in [0, 0.1) is 5.92 Å². The van der Waals surface area contributed by atoms with Crippen molar-refractivity contribution in [3.8, 4) is 0 Å². The molecule has 0 saturated carbocycles. The molecule has 2 aromatic rings. The predicted octanol–water partition coefficient (Wildman–Crippen LogP) is 1.86.